The van der Waals surface area contributed by atoms with Crippen LogP contribution in [-0.2, 0) is 9.63 Å². The molecule has 1 saturated heterocycles. The van der Waals surface area contributed by atoms with Crippen molar-refractivity contribution in [3.8, 4) is 0 Å². The van der Waals surface area contributed by atoms with Crippen LogP contribution >= 0.6 is 0 Å². The zero-order valence-electron chi connectivity index (χ0n) is 10.3. The van der Waals surface area contributed by atoms with E-state index in [9.17, 15) is 4.79 Å². The molecule has 2 N–H and O–H groups in total. The van der Waals surface area contributed by atoms with E-state index in [0.29, 0.717) is 13.0 Å². The lowest BCUT2D eigenvalue weighted by Crippen LogP contribution is -2.42. The maximum absolute atomic E-state index is 11.7. The second kappa shape index (κ2) is 3.76. The monoisotopic (exact) mass is 214 g/mol. The van der Waals surface area contributed by atoms with E-state index in [2.05, 4.69) is 20.8 Å². The third-order valence-corrected chi connectivity index (χ3v) is 3.12. The largest absolute Gasteiger partial charge is 0.326 e. The van der Waals surface area contributed by atoms with Gasteiger partial charge in [0.25, 0.3) is 0 Å². The maximum atomic E-state index is 11.7. The molecule has 0 saturated carbocycles. The first kappa shape index (κ1) is 12.5. The van der Waals surface area contributed by atoms with Gasteiger partial charge in [0.1, 0.15) is 5.60 Å². The average molecular weight is 214 g/mol. The topological polar surface area (TPSA) is 55.6 Å². The zero-order valence-corrected chi connectivity index (χ0v) is 10.3. The number of carbonyl (C=O) groups excluding carboxylic acids is 1. The molecule has 1 heterocycles. The lowest BCUT2D eigenvalue weighted by Gasteiger charge is -2.36. The number of hydroxylamine groups is 2. The van der Waals surface area contributed by atoms with Crippen molar-refractivity contribution in [2.45, 2.75) is 52.7 Å². The Morgan fingerprint density at radius 3 is 2.47 bits per heavy atom. The molecule has 0 bridgehead atoms. The molecule has 1 amide bonds. The summed E-state index contributed by atoms with van der Waals surface area (Å²) in [7, 11) is 0. The van der Waals surface area contributed by atoms with Crippen LogP contribution in [0.5, 0.6) is 0 Å². The molecule has 0 aliphatic carbocycles. The standard InChI is InChI=1S/C11H22N2O2/c1-8(12)7-13-9(14)6-11(5,15-13)10(2,3)4/h8H,6-7,12H2,1-5H3. The molecule has 4 nitrogen and oxygen atoms in total. The highest BCUT2D eigenvalue weighted by atomic mass is 16.7. The van der Waals surface area contributed by atoms with Gasteiger partial charge < -0.3 is 5.73 Å². The van der Waals surface area contributed by atoms with Crippen LogP contribution in [0, 0.1) is 5.41 Å². The van der Waals surface area contributed by atoms with E-state index in [1.54, 1.807) is 0 Å². The number of rotatable bonds is 2. The summed E-state index contributed by atoms with van der Waals surface area (Å²) in [6, 6.07) is -0.0590. The summed E-state index contributed by atoms with van der Waals surface area (Å²) in [6.45, 7) is 10.5. The van der Waals surface area contributed by atoms with Gasteiger partial charge in [-0.1, -0.05) is 20.8 Å². The van der Waals surface area contributed by atoms with Gasteiger partial charge in [-0.3, -0.25) is 9.63 Å². The first-order chi connectivity index (χ1) is 6.66. The van der Waals surface area contributed by atoms with Crippen molar-refractivity contribution in [2.75, 3.05) is 6.54 Å². The highest BCUT2D eigenvalue weighted by molar-refractivity contribution is 5.78. The van der Waals surface area contributed by atoms with E-state index in [1.807, 2.05) is 13.8 Å². The van der Waals surface area contributed by atoms with E-state index >= 15 is 0 Å². The van der Waals surface area contributed by atoms with Crippen LogP contribution in [0.1, 0.15) is 41.0 Å². The van der Waals surface area contributed by atoms with Crippen molar-refractivity contribution in [1.82, 2.24) is 5.06 Å². The summed E-state index contributed by atoms with van der Waals surface area (Å²) >= 11 is 0. The summed E-state index contributed by atoms with van der Waals surface area (Å²) in [5.74, 6) is 0.0322. The summed E-state index contributed by atoms with van der Waals surface area (Å²) in [5, 5.41) is 1.41. The van der Waals surface area contributed by atoms with Crippen LogP contribution in [0.3, 0.4) is 0 Å². The van der Waals surface area contributed by atoms with Crippen molar-refractivity contribution in [1.29, 1.82) is 0 Å². The highest BCUT2D eigenvalue weighted by Crippen LogP contribution is 2.41. The van der Waals surface area contributed by atoms with Gasteiger partial charge in [-0.25, -0.2) is 5.06 Å². The van der Waals surface area contributed by atoms with Gasteiger partial charge in [0.05, 0.1) is 13.0 Å². The van der Waals surface area contributed by atoms with Crippen LogP contribution in [0.2, 0.25) is 0 Å². The predicted octanol–water partition coefficient (Wildman–Crippen LogP) is 1.30. The van der Waals surface area contributed by atoms with E-state index in [4.69, 9.17) is 10.6 Å². The summed E-state index contributed by atoms with van der Waals surface area (Å²) in [6.07, 6.45) is 0.434. The predicted molar refractivity (Wildman–Crippen MR) is 58.9 cm³/mol. The van der Waals surface area contributed by atoms with Crippen LogP contribution < -0.4 is 5.73 Å². The Balaban J connectivity index is 2.75. The fraction of sp³-hybridized carbons (Fsp3) is 0.909. The van der Waals surface area contributed by atoms with Crippen molar-refractivity contribution in [2.24, 2.45) is 11.1 Å². The minimum atomic E-state index is -0.418. The quantitative estimate of drug-likeness (QED) is 0.754. The van der Waals surface area contributed by atoms with Gasteiger partial charge in [0.2, 0.25) is 5.91 Å². The molecule has 2 unspecified atom stereocenters. The van der Waals surface area contributed by atoms with Crippen molar-refractivity contribution in [3.05, 3.63) is 0 Å². The molecular formula is C11H22N2O2. The molecule has 0 aromatic rings. The Kier molecular flexibility index (Phi) is 3.12. The minimum Gasteiger partial charge on any atom is -0.326 e. The van der Waals surface area contributed by atoms with E-state index in [0.717, 1.165) is 0 Å². The second-order valence-corrected chi connectivity index (χ2v) is 5.68. The van der Waals surface area contributed by atoms with Crippen molar-refractivity contribution in [3.63, 3.8) is 0 Å². The third-order valence-electron chi connectivity index (χ3n) is 3.12. The lowest BCUT2D eigenvalue weighted by atomic mass is 9.76. The fourth-order valence-electron chi connectivity index (χ4n) is 1.51. The Bertz CT molecular complexity index is 258. The average Bonchev–Trinajstić information content (AvgIpc) is 2.25. The minimum absolute atomic E-state index is 0.0322. The SMILES string of the molecule is CC(N)CN1OC(C)(C(C)(C)C)CC1=O. The molecule has 1 fully saturated rings. The number of nitrogens with zero attached hydrogens (tertiary/aromatic N) is 1. The molecule has 88 valence electrons. The van der Waals surface area contributed by atoms with Crippen LogP contribution in [-0.4, -0.2) is 29.2 Å². The molecule has 1 aliphatic rings. The molecule has 1 aliphatic heterocycles. The molecule has 4 heteroatoms. The van der Waals surface area contributed by atoms with Crippen molar-refractivity contribution < 1.29 is 9.63 Å². The van der Waals surface area contributed by atoms with Crippen LogP contribution in [0.4, 0.5) is 0 Å². The van der Waals surface area contributed by atoms with Crippen LogP contribution in [0.15, 0.2) is 0 Å². The van der Waals surface area contributed by atoms with Gasteiger partial charge in [-0.05, 0) is 19.3 Å². The van der Waals surface area contributed by atoms with Gasteiger partial charge in [0.15, 0.2) is 0 Å². The molecule has 0 spiro atoms. The summed E-state index contributed by atoms with van der Waals surface area (Å²) < 4.78 is 0. The van der Waals surface area contributed by atoms with Gasteiger partial charge in [0, 0.05) is 6.04 Å². The number of nitrogens with two attached hydrogens (primary N) is 1. The molecule has 0 aromatic heterocycles. The third kappa shape index (κ3) is 2.49. The smallest absolute Gasteiger partial charge is 0.249 e. The Morgan fingerprint density at radius 2 is 2.13 bits per heavy atom. The Morgan fingerprint density at radius 1 is 1.60 bits per heavy atom. The Labute approximate surface area is 91.7 Å². The summed E-state index contributed by atoms with van der Waals surface area (Å²) in [4.78, 5) is 17.5. The zero-order chi connectivity index (χ0) is 11.9. The molecule has 2 atom stereocenters. The molecule has 0 aromatic carbocycles. The molecule has 1 rings (SSSR count). The van der Waals surface area contributed by atoms with Crippen LogP contribution in [0.25, 0.3) is 0 Å². The van der Waals surface area contributed by atoms with Gasteiger partial charge in [-0.15, -0.1) is 0 Å². The number of hydrogen-bond acceptors (Lipinski definition) is 3. The lowest BCUT2D eigenvalue weighted by molar-refractivity contribution is -0.221. The van der Waals surface area contributed by atoms with Gasteiger partial charge >= 0.3 is 0 Å². The second-order valence-electron chi connectivity index (χ2n) is 5.68. The number of amides is 1. The normalized spacial score (nSPS) is 29.7. The Hall–Kier alpha value is -0.610. The highest BCUT2D eigenvalue weighted by Gasteiger charge is 2.49. The number of carbonyl (C=O) groups is 1. The summed E-state index contributed by atoms with van der Waals surface area (Å²) in [5.41, 5.74) is 5.18. The first-order valence-electron chi connectivity index (χ1n) is 5.41. The van der Waals surface area contributed by atoms with E-state index < -0.39 is 5.60 Å². The molecule has 15 heavy (non-hydrogen) atoms. The van der Waals surface area contributed by atoms with E-state index in [1.165, 1.54) is 5.06 Å². The van der Waals surface area contributed by atoms with E-state index in [-0.39, 0.29) is 17.4 Å². The van der Waals surface area contributed by atoms with Gasteiger partial charge in [-0.2, -0.15) is 0 Å². The first-order valence-corrected chi connectivity index (χ1v) is 5.41. The molecular weight excluding hydrogens is 192 g/mol. The molecule has 0 radical (unpaired) electrons. The fourth-order valence-corrected chi connectivity index (χ4v) is 1.51. The number of hydrogen-bond donors (Lipinski definition) is 1. The maximum Gasteiger partial charge on any atom is 0.249 e. The van der Waals surface area contributed by atoms with Crippen molar-refractivity contribution >= 4 is 5.91 Å².